The summed E-state index contributed by atoms with van der Waals surface area (Å²) in [6.45, 7) is 15.7. The quantitative estimate of drug-likeness (QED) is 0.459. The molecular weight excluding hydrogens is 408 g/mol. The molecular formula is C28H36N4O. The first kappa shape index (κ1) is 27.5. The lowest BCUT2D eigenvalue weighted by atomic mass is 9.95. The molecule has 1 aromatic heterocycles. The van der Waals surface area contributed by atoms with Gasteiger partial charge in [-0.1, -0.05) is 31.9 Å². The van der Waals surface area contributed by atoms with Gasteiger partial charge in [0, 0.05) is 20.3 Å². The minimum Gasteiger partial charge on any atom is -0.348 e. The van der Waals surface area contributed by atoms with Gasteiger partial charge in [-0.2, -0.15) is 5.26 Å². The molecule has 1 fully saturated rings. The van der Waals surface area contributed by atoms with Gasteiger partial charge < -0.3 is 9.88 Å². The summed E-state index contributed by atoms with van der Waals surface area (Å²) < 4.78 is 1.96. The Morgan fingerprint density at radius 2 is 1.88 bits per heavy atom. The number of benzene rings is 1. The number of carbonyl (C=O) groups excluding carboxylic acids is 1. The zero-order chi connectivity index (χ0) is 25.1. The summed E-state index contributed by atoms with van der Waals surface area (Å²) in [7, 11) is 3.50. The zero-order valence-corrected chi connectivity index (χ0v) is 21.3. The van der Waals surface area contributed by atoms with Crippen LogP contribution in [0.5, 0.6) is 0 Å². The number of carbonyl (C=O) groups is 1. The predicted octanol–water partition coefficient (Wildman–Crippen LogP) is 6.07. The molecule has 5 heteroatoms. The van der Waals surface area contributed by atoms with Crippen molar-refractivity contribution in [3.8, 4) is 17.9 Å². The number of hydrogen-bond acceptors (Lipinski definition) is 3. The molecule has 0 unspecified atom stereocenters. The number of aryl methyl sites for hydroxylation is 3. The highest BCUT2D eigenvalue weighted by Gasteiger charge is 2.26. The molecule has 1 aromatic carbocycles. The molecule has 1 aliphatic rings. The second-order valence-corrected chi connectivity index (χ2v) is 7.74. The topological polar surface area (TPSA) is 70.2 Å². The molecule has 1 heterocycles. The SMILES string of the molecule is C=Nc1c(C#N)cn(C)c1/C(C)=C\c1cc(C)c(C)cc1C1CC1.CC.CC#CC(=O)NC. The summed E-state index contributed by atoms with van der Waals surface area (Å²) in [6.07, 6.45) is 6.61. The number of aliphatic imine (C=N–C) groups is 1. The van der Waals surface area contributed by atoms with E-state index in [4.69, 9.17) is 0 Å². The van der Waals surface area contributed by atoms with E-state index >= 15 is 0 Å². The maximum atomic E-state index is 10.1. The van der Waals surface area contributed by atoms with Crippen LogP contribution in [0.25, 0.3) is 11.6 Å². The van der Waals surface area contributed by atoms with Crippen LogP contribution in [0.3, 0.4) is 0 Å². The number of hydrogen-bond donors (Lipinski definition) is 1. The molecule has 0 radical (unpaired) electrons. The summed E-state index contributed by atoms with van der Waals surface area (Å²) in [6, 6.07) is 6.82. The average Bonchev–Trinajstić information content (AvgIpc) is 3.60. The van der Waals surface area contributed by atoms with Crippen LogP contribution < -0.4 is 5.32 Å². The monoisotopic (exact) mass is 444 g/mol. The van der Waals surface area contributed by atoms with Crippen LogP contribution >= 0.6 is 0 Å². The fourth-order valence-electron chi connectivity index (χ4n) is 3.53. The van der Waals surface area contributed by atoms with Gasteiger partial charge in [-0.05, 0) is 93.0 Å². The molecule has 1 aliphatic carbocycles. The van der Waals surface area contributed by atoms with Gasteiger partial charge in [-0.15, -0.1) is 0 Å². The maximum Gasteiger partial charge on any atom is 0.295 e. The first-order valence-electron chi connectivity index (χ1n) is 11.3. The highest BCUT2D eigenvalue weighted by atomic mass is 16.1. The van der Waals surface area contributed by atoms with Crippen molar-refractivity contribution in [2.24, 2.45) is 12.0 Å². The van der Waals surface area contributed by atoms with Crippen molar-refractivity contribution in [3.63, 3.8) is 0 Å². The van der Waals surface area contributed by atoms with E-state index in [9.17, 15) is 10.1 Å². The Hall–Kier alpha value is -3.57. The fraction of sp³-hybridized carbons (Fsp3) is 0.393. The van der Waals surface area contributed by atoms with Gasteiger partial charge in [0.15, 0.2) is 0 Å². The van der Waals surface area contributed by atoms with Crippen molar-refractivity contribution < 1.29 is 4.79 Å². The van der Waals surface area contributed by atoms with Crippen molar-refractivity contribution in [1.29, 1.82) is 5.26 Å². The second-order valence-electron chi connectivity index (χ2n) is 7.74. The molecule has 174 valence electrons. The Bertz CT molecular complexity index is 1130. The number of aromatic nitrogens is 1. The Balaban J connectivity index is 0.000000520. The number of allylic oxidation sites excluding steroid dienone is 1. The molecule has 0 saturated heterocycles. The van der Waals surface area contributed by atoms with Gasteiger partial charge in [-0.25, -0.2) is 0 Å². The van der Waals surface area contributed by atoms with E-state index in [0.717, 1.165) is 11.3 Å². The van der Waals surface area contributed by atoms with E-state index in [1.807, 2.05) is 31.7 Å². The molecule has 1 amide bonds. The lowest BCUT2D eigenvalue weighted by Crippen LogP contribution is -2.14. The largest absolute Gasteiger partial charge is 0.348 e. The highest BCUT2D eigenvalue weighted by Crippen LogP contribution is 2.43. The van der Waals surface area contributed by atoms with Gasteiger partial charge in [0.2, 0.25) is 0 Å². The maximum absolute atomic E-state index is 10.1. The van der Waals surface area contributed by atoms with Crippen molar-refractivity contribution in [3.05, 3.63) is 51.8 Å². The van der Waals surface area contributed by atoms with Gasteiger partial charge in [0.05, 0.1) is 11.3 Å². The van der Waals surface area contributed by atoms with Gasteiger partial charge in [-0.3, -0.25) is 9.79 Å². The summed E-state index contributed by atoms with van der Waals surface area (Å²) in [5, 5.41) is 11.6. The highest BCUT2D eigenvalue weighted by molar-refractivity contribution is 5.93. The lowest BCUT2D eigenvalue weighted by molar-refractivity contribution is -0.115. The smallest absolute Gasteiger partial charge is 0.295 e. The van der Waals surface area contributed by atoms with Crippen LogP contribution in [0.2, 0.25) is 0 Å². The summed E-state index contributed by atoms with van der Waals surface area (Å²) in [5.74, 6) is 5.22. The van der Waals surface area contributed by atoms with E-state index in [1.54, 1.807) is 14.0 Å². The van der Waals surface area contributed by atoms with E-state index in [2.05, 4.69) is 73.9 Å². The standard InChI is InChI=1S/C21H23N3.C5H7NO.C2H6/c1-13-8-17(19(10-14(13)2)16-6-7-16)9-15(3)21-20(23-4)18(11-22)12-24(21)5;1-3-4-5(7)6-2;1-2/h8-10,12,16H,4,6-7H2,1-3,5H3;1-2H3,(H,6,7);1-2H3/b15-9-;;. The van der Waals surface area contributed by atoms with Crippen molar-refractivity contribution >= 4 is 30.0 Å². The van der Waals surface area contributed by atoms with Gasteiger partial charge in [0.1, 0.15) is 11.8 Å². The van der Waals surface area contributed by atoms with Crippen molar-refractivity contribution in [1.82, 2.24) is 9.88 Å². The van der Waals surface area contributed by atoms with E-state index in [-0.39, 0.29) is 5.91 Å². The molecule has 33 heavy (non-hydrogen) atoms. The third-order valence-corrected chi connectivity index (χ3v) is 5.36. The Labute approximate surface area is 199 Å². The minimum atomic E-state index is -0.234. The molecule has 0 bridgehead atoms. The predicted molar refractivity (Wildman–Crippen MR) is 140 cm³/mol. The molecule has 3 rings (SSSR count). The van der Waals surface area contributed by atoms with E-state index < -0.39 is 0 Å². The Morgan fingerprint density at radius 3 is 2.33 bits per heavy atom. The van der Waals surface area contributed by atoms with Crippen LogP contribution in [-0.2, 0) is 11.8 Å². The van der Waals surface area contributed by atoms with Gasteiger partial charge >= 0.3 is 0 Å². The molecule has 1 N–H and O–H groups in total. The van der Waals surface area contributed by atoms with Crippen LogP contribution in [-0.4, -0.2) is 24.2 Å². The lowest BCUT2D eigenvalue weighted by Gasteiger charge is -2.12. The number of amides is 1. The third kappa shape index (κ3) is 7.22. The minimum absolute atomic E-state index is 0.234. The number of rotatable bonds is 4. The normalized spacial score (nSPS) is 12.0. The first-order chi connectivity index (χ1) is 15.8. The van der Waals surface area contributed by atoms with Crippen molar-refractivity contribution in [2.45, 2.75) is 60.3 Å². The second kappa shape index (κ2) is 13.1. The molecule has 5 nitrogen and oxygen atoms in total. The first-order valence-corrected chi connectivity index (χ1v) is 11.3. The van der Waals surface area contributed by atoms with Crippen LogP contribution in [0.1, 0.15) is 80.0 Å². The summed E-state index contributed by atoms with van der Waals surface area (Å²) >= 11 is 0. The molecule has 1 saturated carbocycles. The van der Waals surface area contributed by atoms with Crippen LogP contribution in [0, 0.1) is 37.0 Å². The molecule has 0 atom stereocenters. The fourth-order valence-corrected chi connectivity index (χ4v) is 3.53. The summed E-state index contributed by atoms with van der Waals surface area (Å²) in [4.78, 5) is 14.2. The Morgan fingerprint density at radius 1 is 1.27 bits per heavy atom. The number of nitrogens with zero attached hydrogens (tertiary/aromatic N) is 3. The third-order valence-electron chi connectivity index (χ3n) is 5.36. The summed E-state index contributed by atoms with van der Waals surface area (Å²) in [5.41, 5.74) is 8.69. The number of nitrogens with one attached hydrogen (secondary N) is 1. The van der Waals surface area contributed by atoms with E-state index in [1.165, 1.54) is 35.1 Å². The zero-order valence-electron chi connectivity index (χ0n) is 21.3. The van der Waals surface area contributed by atoms with Crippen LogP contribution in [0.4, 0.5) is 5.69 Å². The van der Waals surface area contributed by atoms with Crippen molar-refractivity contribution in [2.75, 3.05) is 7.05 Å². The molecule has 0 aliphatic heterocycles. The molecule has 2 aromatic rings. The Kier molecular flexibility index (Phi) is 10.9. The van der Waals surface area contributed by atoms with Gasteiger partial charge in [0.25, 0.3) is 5.91 Å². The van der Waals surface area contributed by atoms with Crippen LogP contribution in [0.15, 0.2) is 23.3 Å². The number of nitriles is 1. The average molecular weight is 445 g/mol. The molecule has 0 spiro atoms. The van der Waals surface area contributed by atoms with E-state index in [0.29, 0.717) is 17.2 Å².